The van der Waals surface area contributed by atoms with E-state index in [0.717, 1.165) is 6.61 Å². The first-order valence-corrected chi connectivity index (χ1v) is 6.27. The van der Waals surface area contributed by atoms with Crippen molar-refractivity contribution in [2.45, 2.75) is 58.5 Å². The standard InChI is InChI=1S/C13H26O2/c1-12(15-11-10-14-3)6-9-13(2)7-4-5-8-13/h12H,4-11H2,1-3H3. The molecule has 15 heavy (non-hydrogen) atoms. The molecule has 0 aromatic carbocycles. The topological polar surface area (TPSA) is 18.5 Å². The van der Waals surface area contributed by atoms with Crippen LogP contribution in [-0.2, 0) is 9.47 Å². The molecule has 0 amide bonds. The van der Waals surface area contributed by atoms with E-state index >= 15 is 0 Å². The van der Waals surface area contributed by atoms with Crippen molar-refractivity contribution in [1.82, 2.24) is 0 Å². The van der Waals surface area contributed by atoms with Crippen LogP contribution in [0.2, 0.25) is 0 Å². The molecule has 0 N–H and O–H groups in total. The highest BCUT2D eigenvalue weighted by atomic mass is 16.5. The lowest BCUT2D eigenvalue weighted by Crippen LogP contribution is -2.17. The number of hydrogen-bond donors (Lipinski definition) is 0. The molecule has 0 aromatic heterocycles. The van der Waals surface area contributed by atoms with Crippen LogP contribution >= 0.6 is 0 Å². The van der Waals surface area contributed by atoms with Crippen molar-refractivity contribution in [3.05, 3.63) is 0 Å². The van der Waals surface area contributed by atoms with Crippen LogP contribution in [-0.4, -0.2) is 26.4 Å². The molecule has 2 nitrogen and oxygen atoms in total. The lowest BCUT2D eigenvalue weighted by molar-refractivity contribution is 0.0166. The van der Waals surface area contributed by atoms with Gasteiger partial charge in [0.05, 0.1) is 19.3 Å². The van der Waals surface area contributed by atoms with Gasteiger partial charge < -0.3 is 9.47 Å². The molecule has 1 aliphatic carbocycles. The Labute approximate surface area is 94.3 Å². The van der Waals surface area contributed by atoms with Crippen molar-refractivity contribution in [2.24, 2.45) is 5.41 Å². The Balaban J connectivity index is 2.07. The SMILES string of the molecule is COCCOC(C)CCC1(C)CCCC1. The summed E-state index contributed by atoms with van der Waals surface area (Å²) in [7, 11) is 1.72. The van der Waals surface area contributed by atoms with Crippen molar-refractivity contribution >= 4 is 0 Å². The third-order valence-electron chi connectivity index (χ3n) is 3.65. The van der Waals surface area contributed by atoms with E-state index in [0.29, 0.717) is 18.1 Å². The van der Waals surface area contributed by atoms with E-state index in [1.165, 1.54) is 38.5 Å². The Kier molecular flexibility index (Phi) is 5.62. The smallest absolute Gasteiger partial charge is 0.0703 e. The molecule has 0 bridgehead atoms. The van der Waals surface area contributed by atoms with E-state index in [9.17, 15) is 0 Å². The third-order valence-corrected chi connectivity index (χ3v) is 3.65. The first kappa shape index (κ1) is 13.0. The summed E-state index contributed by atoms with van der Waals surface area (Å²) in [6, 6.07) is 0. The maximum atomic E-state index is 5.66. The van der Waals surface area contributed by atoms with E-state index in [1.807, 2.05) is 0 Å². The fourth-order valence-corrected chi connectivity index (χ4v) is 2.45. The number of ether oxygens (including phenoxy) is 2. The minimum atomic E-state index is 0.387. The van der Waals surface area contributed by atoms with Gasteiger partial charge in [-0.2, -0.15) is 0 Å². The van der Waals surface area contributed by atoms with E-state index in [-0.39, 0.29) is 0 Å². The molecule has 1 saturated carbocycles. The zero-order valence-electron chi connectivity index (χ0n) is 10.6. The normalized spacial score (nSPS) is 21.8. The Bertz CT molecular complexity index is 162. The van der Waals surface area contributed by atoms with Gasteiger partial charge in [-0.05, 0) is 38.0 Å². The van der Waals surface area contributed by atoms with Gasteiger partial charge in [0.2, 0.25) is 0 Å². The van der Waals surface area contributed by atoms with Crippen LogP contribution in [0.1, 0.15) is 52.4 Å². The Morgan fingerprint density at radius 1 is 1.20 bits per heavy atom. The summed E-state index contributed by atoms with van der Waals surface area (Å²) in [5.41, 5.74) is 0.610. The average Bonchev–Trinajstić information content (AvgIpc) is 2.64. The maximum absolute atomic E-state index is 5.66. The summed E-state index contributed by atoms with van der Waals surface area (Å²) in [6.07, 6.45) is 8.58. The van der Waals surface area contributed by atoms with Gasteiger partial charge in [-0.15, -0.1) is 0 Å². The predicted molar refractivity (Wildman–Crippen MR) is 63.1 cm³/mol. The van der Waals surface area contributed by atoms with E-state index < -0.39 is 0 Å². The van der Waals surface area contributed by atoms with Gasteiger partial charge in [0.1, 0.15) is 0 Å². The van der Waals surface area contributed by atoms with Crippen LogP contribution in [0.3, 0.4) is 0 Å². The summed E-state index contributed by atoms with van der Waals surface area (Å²) in [6.45, 7) is 6.05. The van der Waals surface area contributed by atoms with E-state index in [1.54, 1.807) is 7.11 Å². The summed E-state index contributed by atoms with van der Waals surface area (Å²) < 4.78 is 10.6. The second-order valence-corrected chi connectivity index (χ2v) is 5.23. The molecule has 1 aliphatic rings. The lowest BCUT2D eigenvalue weighted by atomic mass is 9.83. The summed E-state index contributed by atoms with van der Waals surface area (Å²) in [4.78, 5) is 0. The van der Waals surface area contributed by atoms with E-state index in [4.69, 9.17) is 9.47 Å². The molecule has 0 spiro atoms. The zero-order valence-corrected chi connectivity index (χ0v) is 10.6. The quantitative estimate of drug-likeness (QED) is 0.605. The molecular formula is C13H26O2. The Morgan fingerprint density at radius 2 is 1.87 bits per heavy atom. The van der Waals surface area contributed by atoms with Crippen molar-refractivity contribution in [2.75, 3.05) is 20.3 Å². The average molecular weight is 214 g/mol. The van der Waals surface area contributed by atoms with Gasteiger partial charge >= 0.3 is 0 Å². The zero-order chi connectivity index (χ0) is 11.1. The molecule has 0 saturated heterocycles. The van der Waals surface area contributed by atoms with Gasteiger partial charge in [-0.1, -0.05) is 19.8 Å². The van der Waals surface area contributed by atoms with E-state index in [2.05, 4.69) is 13.8 Å². The van der Waals surface area contributed by atoms with Crippen LogP contribution in [0.25, 0.3) is 0 Å². The highest BCUT2D eigenvalue weighted by Gasteiger charge is 2.28. The second kappa shape index (κ2) is 6.49. The number of hydrogen-bond acceptors (Lipinski definition) is 2. The summed E-state index contributed by atoms with van der Waals surface area (Å²) in [5.74, 6) is 0. The molecule has 0 radical (unpaired) electrons. The van der Waals surface area contributed by atoms with Crippen molar-refractivity contribution in [1.29, 1.82) is 0 Å². The van der Waals surface area contributed by atoms with Gasteiger partial charge in [0, 0.05) is 7.11 Å². The minimum Gasteiger partial charge on any atom is -0.382 e. The van der Waals surface area contributed by atoms with Crippen molar-refractivity contribution < 1.29 is 9.47 Å². The van der Waals surface area contributed by atoms with Crippen molar-refractivity contribution in [3.8, 4) is 0 Å². The van der Waals surface area contributed by atoms with Gasteiger partial charge in [0.15, 0.2) is 0 Å². The molecule has 1 rings (SSSR count). The summed E-state index contributed by atoms with van der Waals surface area (Å²) in [5, 5.41) is 0. The van der Waals surface area contributed by atoms with Crippen LogP contribution < -0.4 is 0 Å². The number of methoxy groups -OCH3 is 1. The largest absolute Gasteiger partial charge is 0.382 e. The molecule has 0 aromatic rings. The van der Waals surface area contributed by atoms with Gasteiger partial charge in [0.25, 0.3) is 0 Å². The number of rotatable bonds is 7. The summed E-state index contributed by atoms with van der Waals surface area (Å²) >= 11 is 0. The fraction of sp³-hybridized carbons (Fsp3) is 1.00. The second-order valence-electron chi connectivity index (χ2n) is 5.23. The third kappa shape index (κ3) is 4.98. The monoisotopic (exact) mass is 214 g/mol. The highest BCUT2D eigenvalue weighted by Crippen LogP contribution is 2.41. The molecule has 1 unspecified atom stereocenters. The van der Waals surface area contributed by atoms with Gasteiger partial charge in [-0.25, -0.2) is 0 Å². The molecule has 90 valence electrons. The first-order chi connectivity index (χ1) is 7.16. The molecule has 1 atom stereocenters. The van der Waals surface area contributed by atoms with Gasteiger partial charge in [-0.3, -0.25) is 0 Å². The molecule has 0 aliphatic heterocycles. The fourth-order valence-electron chi connectivity index (χ4n) is 2.45. The predicted octanol–water partition coefficient (Wildman–Crippen LogP) is 3.40. The highest BCUT2D eigenvalue weighted by molar-refractivity contribution is 4.80. The van der Waals surface area contributed by atoms with Crippen LogP contribution in [0.15, 0.2) is 0 Å². The molecular weight excluding hydrogens is 188 g/mol. The van der Waals surface area contributed by atoms with Crippen LogP contribution in [0.5, 0.6) is 0 Å². The Hall–Kier alpha value is -0.0800. The lowest BCUT2D eigenvalue weighted by Gasteiger charge is -2.25. The molecule has 2 heteroatoms. The van der Waals surface area contributed by atoms with Crippen molar-refractivity contribution in [3.63, 3.8) is 0 Å². The Morgan fingerprint density at radius 3 is 2.47 bits per heavy atom. The minimum absolute atomic E-state index is 0.387. The molecule has 1 fully saturated rings. The molecule has 0 heterocycles. The first-order valence-electron chi connectivity index (χ1n) is 6.27. The van der Waals surface area contributed by atoms with Crippen LogP contribution in [0, 0.1) is 5.41 Å². The maximum Gasteiger partial charge on any atom is 0.0703 e. The van der Waals surface area contributed by atoms with Crippen LogP contribution in [0.4, 0.5) is 0 Å².